The van der Waals surface area contributed by atoms with Gasteiger partial charge in [0.05, 0.1) is 18.4 Å². The Morgan fingerprint density at radius 3 is 2.28 bits per heavy atom. The van der Waals surface area contributed by atoms with E-state index in [1.807, 2.05) is 0 Å². The number of anilines is 1. The highest BCUT2D eigenvalue weighted by molar-refractivity contribution is 6.31. The second-order valence-electron chi connectivity index (χ2n) is 10.2. The van der Waals surface area contributed by atoms with Crippen LogP contribution in [0.4, 0.5) is 28.0 Å². The summed E-state index contributed by atoms with van der Waals surface area (Å²) in [5.74, 6) is -2.92. The highest BCUT2D eigenvalue weighted by atomic mass is 35.5. The number of nitrogens with one attached hydrogen (secondary N) is 1. The van der Waals surface area contributed by atoms with Gasteiger partial charge in [0.1, 0.15) is 17.4 Å². The Hall–Kier alpha value is -3.34. The molecule has 0 unspecified atom stereocenters. The SMILES string of the molecule is CC[C@H](C)[C@H](NC(=O)N1C(=O)[C@@](F)(c2cc(Cl)ccc2OC)c2ccc(C(F)(F)F)cc21)C(=O)OC(C)(C)C. The van der Waals surface area contributed by atoms with E-state index >= 15 is 4.39 Å². The number of methoxy groups -OCH3 is 1. The van der Waals surface area contributed by atoms with Gasteiger partial charge in [-0.1, -0.05) is 37.9 Å². The van der Waals surface area contributed by atoms with Crippen molar-refractivity contribution in [2.75, 3.05) is 12.0 Å². The standard InChI is InChI=1S/C27H29ClF4N2O5/c1-7-14(2)21(22(35)39-25(3,4)5)33-24(37)34-19-12-15(27(30,31)32)8-10-17(19)26(29,23(34)36)18-13-16(28)9-11-20(18)38-6/h8-14,21H,7H2,1-6H3,(H,33,37)/t14-,21-,26-/m0/s1. The predicted octanol–water partition coefficient (Wildman–Crippen LogP) is 6.39. The molecule has 0 saturated carbocycles. The first-order valence-electron chi connectivity index (χ1n) is 12.1. The second kappa shape index (κ2) is 10.7. The third-order valence-electron chi connectivity index (χ3n) is 6.32. The number of hydrogen-bond donors (Lipinski definition) is 1. The van der Waals surface area contributed by atoms with Gasteiger partial charge in [-0.2, -0.15) is 13.2 Å². The summed E-state index contributed by atoms with van der Waals surface area (Å²) in [6, 6.07) is 3.12. The number of amides is 3. The number of fused-ring (bicyclic) bond motifs is 1. The molecule has 1 N–H and O–H groups in total. The van der Waals surface area contributed by atoms with Gasteiger partial charge in [-0.05, 0) is 57.0 Å². The first-order valence-corrected chi connectivity index (χ1v) is 12.5. The average molecular weight is 573 g/mol. The maximum atomic E-state index is 17.0. The van der Waals surface area contributed by atoms with Crippen LogP contribution in [0.3, 0.4) is 0 Å². The maximum absolute atomic E-state index is 17.0. The number of esters is 1. The van der Waals surface area contributed by atoms with Crippen molar-refractivity contribution in [3.63, 3.8) is 0 Å². The Balaban J connectivity index is 2.18. The molecule has 12 heteroatoms. The quantitative estimate of drug-likeness (QED) is 0.320. The van der Waals surface area contributed by atoms with Gasteiger partial charge < -0.3 is 14.8 Å². The molecule has 0 fully saturated rings. The lowest BCUT2D eigenvalue weighted by Crippen LogP contribution is -2.54. The Bertz CT molecular complexity index is 1290. The molecule has 2 aromatic carbocycles. The number of alkyl halides is 4. The molecular formula is C27H29ClF4N2O5. The van der Waals surface area contributed by atoms with Crippen molar-refractivity contribution in [2.45, 2.75) is 64.5 Å². The molecule has 3 rings (SSSR count). The fraction of sp³-hybridized carbons (Fsp3) is 0.444. The van der Waals surface area contributed by atoms with Crippen LogP contribution in [-0.4, -0.2) is 36.7 Å². The van der Waals surface area contributed by atoms with Crippen molar-refractivity contribution in [3.8, 4) is 5.75 Å². The number of nitrogens with zero attached hydrogens (tertiary/aromatic N) is 1. The van der Waals surface area contributed by atoms with Gasteiger partial charge in [-0.3, -0.25) is 4.79 Å². The Morgan fingerprint density at radius 1 is 1.10 bits per heavy atom. The smallest absolute Gasteiger partial charge is 0.416 e. The highest BCUT2D eigenvalue weighted by Crippen LogP contribution is 2.51. The molecule has 0 aromatic heterocycles. The molecule has 0 bridgehead atoms. The van der Waals surface area contributed by atoms with Crippen molar-refractivity contribution in [2.24, 2.45) is 5.92 Å². The number of rotatable bonds is 6. The van der Waals surface area contributed by atoms with E-state index in [-0.39, 0.29) is 15.7 Å². The van der Waals surface area contributed by atoms with E-state index in [9.17, 15) is 27.6 Å². The summed E-state index contributed by atoms with van der Waals surface area (Å²) < 4.78 is 68.3. The lowest BCUT2D eigenvalue weighted by Gasteiger charge is -2.29. The molecule has 0 aliphatic carbocycles. The van der Waals surface area contributed by atoms with E-state index in [0.29, 0.717) is 18.6 Å². The minimum Gasteiger partial charge on any atom is -0.496 e. The summed E-state index contributed by atoms with van der Waals surface area (Å²) in [5, 5.41) is 2.40. The highest BCUT2D eigenvalue weighted by Gasteiger charge is 2.57. The van der Waals surface area contributed by atoms with E-state index in [1.54, 1.807) is 34.6 Å². The van der Waals surface area contributed by atoms with Crippen LogP contribution in [-0.2, 0) is 26.2 Å². The minimum absolute atomic E-state index is 0.0220. The number of halogens is 5. The van der Waals surface area contributed by atoms with Gasteiger partial charge in [0.25, 0.3) is 5.91 Å². The molecule has 3 atom stereocenters. The van der Waals surface area contributed by atoms with Crippen LogP contribution < -0.4 is 15.0 Å². The summed E-state index contributed by atoms with van der Waals surface area (Å²) in [6.07, 6.45) is -4.45. The molecule has 1 heterocycles. The third-order valence-corrected chi connectivity index (χ3v) is 6.56. The zero-order valence-electron chi connectivity index (χ0n) is 22.2. The first-order chi connectivity index (χ1) is 17.9. The second-order valence-corrected chi connectivity index (χ2v) is 10.7. The molecule has 0 radical (unpaired) electrons. The van der Waals surface area contributed by atoms with Crippen LogP contribution in [0.2, 0.25) is 5.02 Å². The average Bonchev–Trinajstić information content (AvgIpc) is 3.07. The lowest BCUT2D eigenvalue weighted by molar-refractivity contribution is -0.158. The molecule has 3 amide bonds. The van der Waals surface area contributed by atoms with E-state index < -0.39 is 69.7 Å². The molecule has 2 aromatic rings. The van der Waals surface area contributed by atoms with Crippen molar-refractivity contribution >= 4 is 35.2 Å². The van der Waals surface area contributed by atoms with Crippen LogP contribution in [0.25, 0.3) is 0 Å². The summed E-state index contributed by atoms with van der Waals surface area (Å²) in [4.78, 5) is 40.3. The number of carbonyl (C=O) groups excluding carboxylic acids is 3. The summed E-state index contributed by atoms with van der Waals surface area (Å²) in [5.41, 5.74) is -6.81. The van der Waals surface area contributed by atoms with Gasteiger partial charge in [0, 0.05) is 16.1 Å². The zero-order valence-corrected chi connectivity index (χ0v) is 23.0. The van der Waals surface area contributed by atoms with Crippen LogP contribution in [0.15, 0.2) is 36.4 Å². The molecule has 0 spiro atoms. The van der Waals surface area contributed by atoms with E-state index in [4.69, 9.17) is 21.1 Å². The Morgan fingerprint density at radius 2 is 1.74 bits per heavy atom. The van der Waals surface area contributed by atoms with Gasteiger partial charge in [-0.25, -0.2) is 18.9 Å². The largest absolute Gasteiger partial charge is 0.496 e. The van der Waals surface area contributed by atoms with Crippen molar-refractivity contribution in [3.05, 3.63) is 58.1 Å². The van der Waals surface area contributed by atoms with Crippen LogP contribution in [0, 0.1) is 5.92 Å². The molecule has 0 saturated heterocycles. The summed E-state index contributed by atoms with van der Waals surface area (Å²) >= 11 is 6.05. The number of hydrogen-bond acceptors (Lipinski definition) is 5. The van der Waals surface area contributed by atoms with Gasteiger partial charge >= 0.3 is 18.2 Å². The topological polar surface area (TPSA) is 84.9 Å². The van der Waals surface area contributed by atoms with E-state index in [1.165, 1.54) is 19.2 Å². The monoisotopic (exact) mass is 572 g/mol. The number of ether oxygens (including phenoxy) is 2. The molecule has 1 aliphatic heterocycles. The van der Waals surface area contributed by atoms with E-state index in [0.717, 1.165) is 12.1 Å². The molecule has 212 valence electrons. The zero-order chi connectivity index (χ0) is 29.5. The Kier molecular flexibility index (Phi) is 8.27. The minimum atomic E-state index is -4.86. The van der Waals surface area contributed by atoms with Crippen molar-refractivity contribution in [1.29, 1.82) is 0 Å². The van der Waals surface area contributed by atoms with Crippen LogP contribution in [0.1, 0.15) is 57.7 Å². The molecular weight excluding hydrogens is 544 g/mol. The number of benzene rings is 2. The maximum Gasteiger partial charge on any atom is 0.416 e. The number of carbonyl (C=O) groups is 3. The molecule has 7 nitrogen and oxygen atoms in total. The van der Waals surface area contributed by atoms with Gasteiger partial charge in [0.2, 0.25) is 5.67 Å². The lowest BCUT2D eigenvalue weighted by atomic mass is 9.88. The third kappa shape index (κ3) is 5.83. The number of imide groups is 1. The van der Waals surface area contributed by atoms with Crippen LogP contribution in [0.5, 0.6) is 5.75 Å². The molecule has 39 heavy (non-hydrogen) atoms. The fourth-order valence-corrected chi connectivity index (χ4v) is 4.38. The molecule has 1 aliphatic rings. The normalized spacial score (nSPS) is 18.8. The van der Waals surface area contributed by atoms with Gasteiger partial charge in [-0.15, -0.1) is 0 Å². The van der Waals surface area contributed by atoms with E-state index in [2.05, 4.69) is 5.32 Å². The summed E-state index contributed by atoms with van der Waals surface area (Å²) in [7, 11) is 1.21. The van der Waals surface area contributed by atoms with Gasteiger partial charge in [0.15, 0.2) is 0 Å². The first kappa shape index (κ1) is 30.2. The summed E-state index contributed by atoms with van der Waals surface area (Å²) in [6.45, 7) is 8.25. The van der Waals surface area contributed by atoms with Crippen molar-refractivity contribution < 1.29 is 41.4 Å². The Labute approximate surface area is 228 Å². The number of urea groups is 1. The van der Waals surface area contributed by atoms with Crippen LogP contribution >= 0.6 is 11.6 Å². The predicted molar refractivity (Wildman–Crippen MR) is 136 cm³/mol. The fourth-order valence-electron chi connectivity index (χ4n) is 4.21. The van der Waals surface area contributed by atoms with Crippen molar-refractivity contribution in [1.82, 2.24) is 5.32 Å².